The normalized spacial score (nSPS) is 15.3. The number of pyridine rings is 2. The fourth-order valence-corrected chi connectivity index (χ4v) is 5.47. The summed E-state index contributed by atoms with van der Waals surface area (Å²) in [7, 11) is 1.93. The summed E-state index contributed by atoms with van der Waals surface area (Å²) >= 11 is 8.56. The first-order valence-electron chi connectivity index (χ1n) is 10.5. The number of carbonyl (C=O) groups excluding carboxylic acids is 1. The molecule has 1 atom stereocenters. The van der Waals surface area contributed by atoms with Gasteiger partial charge in [-0.25, -0.2) is 0 Å². The Morgan fingerprint density at radius 1 is 1.21 bits per heavy atom. The molecular formula is C24H21ClN6OS. The predicted molar refractivity (Wildman–Crippen MR) is 133 cm³/mol. The van der Waals surface area contributed by atoms with Crippen LogP contribution in [0, 0.1) is 0 Å². The van der Waals surface area contributed by atoms with Crippen molar-refractivity contribution in [3.8, 4) is 11.4 Å². The number of nitrogens with zero attached hydrogens (tertiary/aromatic N) is 4. The number of aromatic nitrogens is 4. The van der Waals surface area contributed by atoms with E-state index in [-0.39, 0.29) is 11.2 Å². The maximum Gasteiger partial charge on any atom is 0.255 e. The van der Waals surface area contributed by atoms with Gasteiger partial charge in [-0.3, -0.25) is 19.4 Å². The van der Waals surface area contributed by atoms with Gasteiger partial charge in [0.1, 0.15) is 11.5 Å². The molecule has 0 saturated heterocycles. The second-order valence-corrected chi connectivity index (χ2v) is 9.18. The molecule has 2 N–H and O–H groups in total. The van der Waals surface area contributed by atoms with Crippen molar-refractivity contribution in [3.05, 3.63) is 88.8 Å². The first-order chi connectivity index (χ1) is 16.1. The molecule has 5 rings (SSSR count). The van der Waals surface area contributed by atoms with Crippen molar-refractivity contribution in [1.82, 2.24) is 19.7 Å². The molecule has 0 aliphatic carbocycles. The van der Waals surface area contributed by atoms with Gasteiger partial charge in [0.25, 0.3) is 5.91 Å². The summed E-state index contributed by atoms with van der Waals surface area (Å²) in [5, 5.41) is 11.6. The van der Waals surface area contributed by atoms with E-state index in [9.17, 15) is 4.79 Å². The molecule has 7 nitrogen and oxygen atoms in total. The molecule has 33 heavy (non-hydrogen) atoms. The Hall–Kier alpha value is -3.36. The third kappa shape index (κ3) is 4.31. The average Bonchev–Trinajstić information content (AvgIpc) is 3.01. The fourth-order valence-electron chi connectivity index (χ4n) is 3.89. The molecule has 0 radical (unpaired) electrons. The van der Waals surface area contributed by atoms with Crippen molar-refractivity contribution in [3.63, 3.8) is 0 Å². The summed E-state index contributed by atoms with van der Waals surface area (Å²) in [6.45, 7) is 0.818. The van der Waals surface area contributed by atoms with Crippen LogP contribution in [-0.2, 0) is 7.05 Å². The van der Waals surface area contributed by atoms with Crippen LogP contribution in [0.3, 0.4) is 0 Å². The highest BCUT2D eigenvalue weighted by atomic mass is 35.5. The van der Waals surface area contributed by atoms with Crippen LogP contribution in [0.5, 0.6) is 0 Å². The molecule has 0 fully saturated rings. The first kappa shape index (κ1) is 21.5. The highest BCUT2D eigenvalue weighted by Gasteiger charge is 2.31. The number of anilines is 2. The minimum atomic E-state index is -0.233. The van der Waals surface area contributed by atoms with E-state index in [1.54, 1.807) is 48.6 Å². The van der Waals surface area contributed by atoms with Gasteiger partial charge in [0.15, 0.2) is 0 Å². The van der Waals surface area contributed by atoms with Gasteiger partial charge in [-0.2, -0.15) is 5.10 Å². The number of amides is 1. The quantitative estimate of drug-likeness (QED) is 0.429. The van der Waals surface area contributed by atoms with Gasteiger partial charge in [0, 0.05) is 47.9 Å². The molecule has 1 unspecified atom stereocenters. The first-order valence-corrected chi connectivity index (χ1v) is 11.9. The van der Waals surface area contributed by atoms with Gasteiger partial charge in [-0.15, -0.1) is 11.8 Å². The van der Waals surface area contributed by atoms with Gasteiger partial charge < -0.3 is 10.6 Å². The lowest BCUT2D eigenvalue weighted by Gasteiger charge is -2.18. The summed E-state index contributed by atoms with van der Waals surface area (Å²) in [4.78, 5) is 21.3. The van der Waals surface area contributed by atoms with E-state index in [1.807, 2.05) is 42.1 Å². The zero-order chi connectivity index (χ0) is 22.8. The van der Waals surface area contributed by atoms with E-state index in [0.29, 0.717) is 16.3 Å². The summed E-state index contributed by atoms with van der Waals surface area (Å²) in [6, 6.07) is 14.8. The van der Waals surface area contributed by atoms with E-state index in [2.05, 4.69) is 20.6 Å². The number of aryl methyl sites for hydroxylation is 1. The minimum absolute atomic E-state index is 0.0522. The second-order valence-electron chi connectivity index (χ2n) is 7.56. The van der Waals surface area contributed by atoms with E-state index in [1.165, 1.54) is 0 Å². The summed E-state index contributed by atoms with van der Waals surface area (Å²) in [5.41, 5.74) is 4.75. The number of hydrogen-bond donors (Lipinski definition) is 2. The second kappa shape index (κ2) is 9.25. The Morgan fingerprint density at radius 2 is 2.12 bits per heavy atom. The molecule has 1 aromatic carbocycles. The van der Waals surface area contributed by atoms with Crippen molar-refractivity contribution in [2.75, 3.05) is 22.9 Å². The smallest absolute Gasteiger partial charge is 0.255 e. The third-order valence-electron chi connectivity index (χ3n) is 5.40. The van der Waals surface area contributed by atoms with Crippen LogP contribution in [0.15, 0.2) is 67.1 Å². The summed E-state index contributed by atoms with van der Waals surface area (Å²) < 4.78 is 1.86. The molecule has 4 heterocycles. The standard InChI is InChI=1S/C24H21ClN6OS/c1-31-23-20(21(30-31)19-6-2-3-10-27-19)22(33-12-11-28-23)17-8-7-15(13-18(17)25)24(32)29-16-5-4-9-26-14-16/h2-10,13-14,22,28H,11-12H2,1H3,(H,29,32). The molecular weight excluding hydrogens is 456 g/mol. The maximum atomic E-state index is 12.7. The van der Waals surface area contributed by atoms with Gasteiger partial charge in [0.05, 0.1) is 22.8 Å². The molecule has 1 aliphatic heterocycles. The predicted octanol–water partition coefficient (Wildman–Crippen LogP) is 5.03. The van der Waals surface area contributed by atoms with Gasteiger partial charge in [0.2, 0.25) is 0 Å². The van der Waals surface area contributed by atoms with Crippen molar-refractivity contribution in [2.45, 2.75) is 5.25 Å². The molecule has 1 amide bonds. The Labute approximate surface area is 200 Å². The number of halogens is 1. The number of benzene rings is 1. The fraction of sp³-hybridized carbons (Fsp3) is 0.167. The highest BCUT2D eigenvalue weighted by Crippen LogP contribution is 2.47. The van der Waals surface area contributed by atoms with Gasteiger partial charge in [-0.05, 0) is 42.0 Å². The molecule has 0 spiro atoms. The molecule has 9 heteroatoms. The number of carbonyl (C=O) groups is 1. The Kier molecular flexibility index (Phi) is 6.02. The number of fused-ring (bicyclic) bond motifs is 1. The topological polar surface area (TPSA) is 84.7 Å². The van der Waals surface area contributed by atoms with Gasteiger partial charge >= 0.3 is 0 Å². The number of nitrogens with one attached hydrogen (secondary N) is 2. The largest absolute Gasteiger partial charge is 0.369 e. The summed E-state index contributed by atoms with van der Waals surface area (Å²) in [6.07, 6.45) is 5.03. The maximum absolute atomic E-state index is 12.7. The van der Waals surface area contributed by atoms with Crippen LogP contribution < -0.4 is 10.6 Å². The van der Waals surface area contributed by atoms with E-state index < -0.39 is 0 Å². The minimum Gasteiger partial charge on any atom is -0.369 e. The van der Waals surface area contributed by atoms with Crippen molar-refractivity contribution >= 4 is 40.8 Å². The Balaban J connectivity index is 1.52. The van der Waals surface area contributed by atoms with E-state index in [0.717, 1.165) is 40.6 Å². The lowest BCUT2D eigenvalue weighted by Crippen LogP contribution is -2.12. The van der Waals surface area contributed by atoms with Crippen LogP contribution >= 0.6 is 23.4 Å². The molecule has 0 bridgehead atoms. The third-order valence-corrected chi connectivity index (χ3v) is 6.99. The van der Waals surface area contributed by atoms with Crippen LogP contribution in [0.4, 0.5) is 11.5 Å². The number of hydrogen-bond acceptors (Lipinski definition) is 6. The van der Waals surface area contributed by atoms with E-state index >= 15 is 0 Å². The van der Waals surface area contributed by atoms with Crippen LogP contribution in [0.25, 0.3) is 11.4 Å². The lowest BCUT2D eigenvalue weighted by molar-refractivity contribution is 0.102. The SMILES string of the molecule is Cn1nc(-c2ccccn2)c2c1NCCSC2c1ccc(C(=O)Nc2cccnc2)cc1Cl. The van der Waals surface area contributed by atoms with Crippen LogP contribution in [0.1, 0.15) is 26.7 Å². The monoisotopic (exact) mass is 476 g/mol. The molecule has 1 aliphatic rings. The van der Waals surface area contributed by atoms with Crippen molar-refractivity contribution in [2.24, 2.45) is 7.05 Å². The zero-order valence-corrected chi connectivity index (χ0v) is 19.4. The summed E-state index contributed by atoms with van der Waals surface area (Å²) in [5.74, 6) is 1.63. The van der Waals surface area contributed by atoms with Crippen molar-refractivity contribution < 1.29 is 4.79 Å². The number of rotatable bonds is 4. The highest BCUT2D eigenvalue weighted by molar-refractivity contribution is 7.99. The lowest BCUT2D eigenvalue weighted by atomic mass is 10.0. The zero-order valence-electron chi connectivity index (χ0n) is 17.8. The van der Waals surface area contributed by atoms with Crippen molar-refractivity contribution in [1.29, 1.82) is 0 Å². The van der Waals surface area contributed by atoms with Crippen LogP contribution in [-0.4, -0.2) is 38.0 Å². The van der Waals surface area contributed by atoms with Gasteiger partial charge in [-0.1, -0.05) is 23.7 Å². The molecule has 4 aromatic rings. The average molecular weight is 477 g/mol. The molecule has 3 aromatic heterocycles. The van der Waals surface area contributed by atoms with E-state index in [4.69, 9.17) is 16.7 Å². The van der Waals surface area contributed by atoms with Crippen LogP contribution in [0.2, 0.25) is 5.02 Å². The number of thioether (sulfide) groups is 1. The molecule has 166 valence electrons. The molecule has 0 saturated carbocycles. The Morgan fingerprint density at radius 3 is 2.88 bits per heavy atom. The Bertz CT molecular complexity index is 1300.